The van der Waals surface area contributed by atoms with Crippen LogP contribution in [0.3, 0.4) is 0 Å². The summed E-state index contributed by atoms with van der Waals surface area (Å²) in [5.41, 5.74) is 1.82. The second-order valence-corrected chi connectivity index (χ2v) is 8.48. The maximum absolute atomic E-state index is 8.49. The number of hydrogen-bond acceptors (Lipinski definition) is 9. The molecule has 0 atom stereocenters. The van der Waals surface area contributed by atoms with Gasteiger partial charge >= 0.3 is 0 Å². The summed E-state index contributed by atoms with van der Waals surface area (Å²) in [6, 6.07) is 15.9. The molecule has 1 N–H and O–H groups in total. The fourth-order valence-corrected chi connectivity index (χ4v) is 3.69. The number of methoxy groups -OCH3 is 2. The molecule has 10 nitrogen and oxygen atoms in total. The summed E-state index contributed by atoms with van der Waals surface area (Å²) in [5, 5.41) is 2.06. The molecule has 1 aliphatic rings. The number of nitrogens with one attached hydrogen (secondary N) is 1. The van der Waals surface area contributed by atoms with E-state index in [1.807, 2.05) is 42.5 Å². The van der Waals surface area contributed by atoms with E-state index in [0.717, 1.165) is 85.0 Å². The van der Waals surface area contributed by atoms with Gasteiger partial charge in [0.1, 0.15) is 29.4 Å². The van der Waals surface area contributed by atoms with Crippen molar-refractivity contribution in [2.45, 2.75) is 6.42 Å². The summed E-state index contributed by atoms with van der Waals surface area (Å²) < 4.78 is 56.3. The Kier molecular flexibility index (Phi) is 9.87. The first-order valence-corrected chi connectivity index (χ1v) is 12.3. The summed E-state index contributed by atoms with van der Waals surface area (Å²) in [5.74, 6) is 2.45. The zero-order chi connectivity index (χ0) is 25.3. The van der Waals surface area contributed by atoms with Crippen LogP contribution in [0.4, 0.5) is 0 Å². The summed E-state index contributed by atoms with van der Waals surface area (Å²) in [6.45, 7) is 5.67. The predicted octanol–water partition coefficient (Wildman–Crippen LogP) is -2.94. The maximum atomic E-state index is 8.49. The quantitative estimate of drug-likeness (QED) is 0.331. The van der Waals surface area contributed by atoms with Gasteiger partial charge in [-0.3, -0.25) is 4.90 Å². The van der Waals surface area contributed by atoms with Crippen molar-refractivity contribution in [3.8, 4) is 22.8 Å². The number of morpholine rings is 1. The third-order valence-electron chi connectivity index (χ3n) is 5.42. The number of ether oxygens (including phenoxy) is 3. The first-order chi connectivity index (χ1) is 16.8. The van der Waals surface area contributed by atoms with Crippen LogP contribution in [0.5, 0.6) is 11.5 Å². The van der Waals surface area contributed by atoms with Crippen molar-refractivity contribution in [3.63, 3.8) is 0 Å². The van der Waals surface area contributed by atoms with Gasteiger partial charge in [0.25, 0.3) is 0 Å². The Hall–Kier alpha value is -2.70. The van der Waals surface area contributed by atoms with Crippen molar-refractivity contribution in [1.29, 1.82) is 0 Å². The largest absolute Gasteiger partial charge is 0.497 e. The Bertz CT molecular complexity index is 1130. The molecule has 4 rings (SSSR count). The van der Waals surface area contributed by atoms with Gasteiger partial charge < -0.3 is 18.6 Å². The number of nitrogens with zero attached hydrogens (tertiary/aromatic N) is 1. The molecule has 11 heteroatoms. The molecule has 3 aromatic rings. The van der Waals surface area contributed by atoms with Crippen molar-refractivity contribution in [2.75, 3.05) is 53.6 Å². The van der Waals surface area contributed by atoms with Gasteiger partial charge in [0.05, 0.1) is 38.9 Å². The monoisotopic (exact) mass is 508 g/mol. The Labute approximate surface area is 205 Å². The fourth-order valence-electron chi connectivity index (χ4n) is 3.69. The molecule has 0 unspecified atom stereocenters. The molecule has 0 saturated carbocycles. The number of halogens is 1. The lowest BCUT2D eigenvalue weighted by atomic mass is 10.1. The van der Waals surface area contributed by atoms with Crippen LogP contribution in [0, 0.1) is 10.2 Å². The van der Waals surface area contributed by atoms with Crippen LogP contribution in [0.1, 0.15) is 6.42 Å². The first kappa shape index (κ1) is 26.9. The number of hydrogen-bond donors (Lipinski definition) is 1. The summed E-state index contributed by atoms with van der Waals surface area (Å²) in [7, 11) is -1.60. The highest BCUT2D eigenvalue weighted by molar-refractivity contribution is 5.79. The fraction of sp³-hybridized carbons (Fsp3) is 0.375. The van der Waals surface area contributed by atoms with E-state index in [1.165, 1.54) is 0 Å². The van der Waals surface area contributed by atoms with E-state index in [1.54, 1.807) is 14.2 Å². The average Bonchev–Trinajstić information content (AvgIpc) is 2.85. The second-order valence-electron chi connectivity index (χ2n) is 7.73. The van der Waals surface area contributed by atoms with Crippen LogP contribution in [-0.4, -0.2) is 58.5 Å². The van der Waals surface area contributed by atoms with E-state index in [-0.39, 0.29) is 0 Å². The third-order valence-corrected chi connectivity index (χ3v) is 5.42. The van der Waals surface area contributed by atoms with Crippen LogP contribution in [-0.2, 0) is 4.74 Å². The lowest BCUT2D eigenvalue weighted by molar-refractivity contribution is -2.00. The third kappa shape index (κ3) is 8.79. The van der Waals surface area contributed by atoms with E-state index in [2.05, 4.69) is 16.0 Å². The standard InChI is InChI=1S/C24H28N2O4.ClHO4/c1-27-19-6-4-18(5-7-19)24-17-22(21-16-20(28-2)8-9-23(21)30-24)25-10-3-11-26-12-14-29-15-13-26;2-1(3,4)5/h4-9,16-17H,3,10-15H2,1-2H3;(H,2,3,4,5). The molecule has 0 bridgehead atoms. The average molecular weight is 509 g/mol. The molecule has 1 saturated heterocycles. The van der Waals surface area contributed by atoms with Gasteiger partial charge in [-0.2, -0.15) is 0 Å². The normalized spacial score (nSPS) is 15.0. The smallest absolute Gasteiger partial charge is 0.213 e. The second kappa shape index (κ2) is 12.8. The summed E-state index contributed by atoms with van der Waals surface area (Å²) in [4.78, 5) is 6.07. The first-order valence-electron chi connectivity index (χ1n) is 11.0. The van der Waals surface area contributed by atoms with Crippen molar-refractivity contribution in [1.82, 2.24) is 4.90 Å². The van der Waals surface area contributed by atoms with Gasteiger partial charge in [0, 0.05) is 31.6 Å². The van der Waals surface area contributed by atoms with Crippen molar-refractivity contribution in [3.05, 3.63) is 53.9 Å². The van der Waals surface area contributed by atoms with Crippen molar-refractivity contribution < 1.29 is 52.5 Å². The van der Waals surface area contributed by atoms with Crippen LogP contribution in [0.15, 0.2) is 52.9 Å². The molecule has 190 valence electrons. The minimum atomic E-state index is -4.94. The Morgan fingerprint density at radius 1 is 0.914 bits per heavy atom. The highest BCUT2D eigenvalue weighted by Crippen LogP contribution is 2.25. The van der Waals surface area contributed by atoms with Gasteiger partial charge in [0.15, 0.2) is 0 Å². The molecule has 0 radical (unpaired) electrons. The van der Waals surface area contributed by atoms with Gasteiger partial charge in [-0.25, -0.2) is 23.6 Å². The molecule has 0 amide bonds. The van der Waals surface area contributed by atoms with Gasteiger partial charge in [-0.15, -0.1) is 10.2 Å². The van der Waals surface area contributed by atoms with Crippen molar-refractivity contribution >= 4 is 11.0 Å². The summed E-state index contributed by atoms with van der Waals surface area (Å²) in [6.07, 6.45) is 1.06. The van der Waals surface area contributed by atoms with Crippen LogP contribution in [0.25, 0.3) is 22.3 Å². The van der Waals surface area contributed by atoms with E-state index < -0.39 is 10.2 Å². The molecule has 0 spiro atoms. The van der Waals surface area contributed by atoms with Crippen molar-refractivity contribution in [2.24, 2.45) is 0 Å². The molecule has 1 aromatic heterocycles. The topological polar surface area (TPSA) is 150 Å². The Balaban J connectivity index is 0.000000623. The van der Waals surface area contributed by atoms with Gasteiger partial charge in [0.2, 0.25) is 5.36 Å². The Morgan fingerprint density at radius 3 is 2.17 bits per heavy atom. The van der Waals surface area contributed by atoms with Gasteiger partial charge in [-0.05, 0) is 42.5 Å². The molecule has 1 fully saturated rings. The SMILES string of the molecule is COc1ccc(-c2cc(=[NH+]CCCN3CCOCC3)c3cc(OC)ccc3o2)cc1.[O-][Cl+3]([O-])([O-])[O-]. The lowest BCUT2D eigenvalue weighted by Gasteiger charge is -2.25. The molecule has 0 aliphatic carbocycles. The summed E-state index contributed by atoms with van der Waals surface area (Å²) >= 11 is 0. The van der Waals surface area contributed by atoms with Crippen LogP contribution in [0.2, 0.25) is 0 Å². The highest BCUT2D eigenvalue weighted by atomic mass is 35.7. The maximum Gasteiger partial charge on any atom is 0.213 e. The van der Waals surface area contributed by atoms with E-state index >= 15 is 0 Å². The van der Waals surface area contributed by atoms with E-state index in [9.17, 15) is 0 Å². The number of rotatable bonds is 7. The van der Waals surface area contributed by atoms with E-state index in [0.29, 0.717) is 0 Å². The minimum absolute atomic E-state index is 0.811. The lowest BCUT2D eigenvalue weighted by Crippen LogP contribution is -2.77. The molecule has 2 heterocycles. The zero-order valence-corrected chi connectivity index (χ0v) is 20.4. The zero-order valence-electron chi connectivity index (χ0n) is 19.7. The number of benzene rings is 2. The van der Waals surface area contributed by atoms with Gasteiger partial charge in [-0.1, -0.05) is 0 Å². The number of fused-ring (bicyclic) bond motifs is 1. The molecule has 35 heavy (non-hydrogen) atoms. The predicted molar refractivity (Wildman–Crippen MR) is 116 cm³/mol. The van der Waals surface area contributed by atoms with Crippen LogP contribution < -0.4 is 38.5 Å². The molecule has 1 aliphatic heterocycles. The van der Waals surface area contributed by atoms with Crippen LogP contribution >= 0.6 is 0 Å². The molecular formula is C24H29ClN2O8. The van der Waals surface area contributed by atoms with E-state index in [4.69, 9.17) is 37.3 Å². The minimum Gasteiger partial charge on any atom is -0.497 e. The Morgan fingerprint density at radius 2 is 1.54 bits per heavy atom. The molecular weight excluding hydrogens is 480 g/mol. The highest BCUT2D eigenvalue weighted by Gasteiger charge is 2.12. The molecule has 2 aromatic carbocycles.